The van der Waals surface area contributed by atoms with Crippen LogP contribution in [0.4, 0.5) is 92.2 Å². The van der Waals surface area contributed by atoms with E-state index in [-0.39, 0.29) is 66.1 Å². The maximum Gasteiger partial charge on any atom is 0.460 e. The number of hydrogen-bond donors (Lipinski definition) is 1. The van der Waals surface area contributed by atoms with Crippen molar-refractivity contribution in [3.05, 3.63) is 0 Å². The van der Waals surface area contributed by atoms with Crippen LogP contribution in [0.25, 0.3) is 0 Å². The molecule has 0 heterocycles. The molecule has 0 saturated carbocycles. The summed E-state index contributed by atoms with van der Waals surface area (Å²) < 4.78 is 368. The molecule has 0 spiro atoms. The number of halogens is 21. The third-order valence-corrected chi connectivity index (χ3v) is 9.95. The van der Waals surface area contributed by atoms with Crippen molar-refractivity contribution in [2.75, 3.05) is 218 Å². The van der Waals surface area contributed by atoms with Crippen molar-refractivity contribution in [1.82, 2.24) is 0 Å². The molecule has 0 aliphatic heterocycles. The predicted octanol–water partition coefficient (Wildman–Crippen LogP) is 6.91. The highest BCUT2D eigenvalue weighted by atomic mass is 19.4. The number of alkyl halides is 21. The fourth-order valence-corrected chi connectivity index (χ4v) is 5.41. The first-order chi connectivity index (χ1) is 38.3. The van der Waals surface area contributed by atoms with Crippen molar-refractivity contribution in [2.45, 2.75) is 65.9 Å². The summed E-state index contributed by atoms with van der Waals surface area (Å²) in [6, 6.07) is 0. The van der Waals surface area contributed by atoms with Gasteiger partial charge in [-0.05, 0) is 0 Å². The monoisotopic (exact) mass is 1270 g/mol. The highest BCUT2D eigenvalue weighted by Gasteiger charge is 2.97. The SMILES string of the molecule is OCCOCCOCCOCCOCCOCCOCCOCCOCCOCCOCCOCCOCCOCCOCCOCCOCCC(F)(F)C(F)(F)C(F)(F)C(F)(F)C(F)(F)C(F)(F)C(F)(F)C(F)(F)C(F)(F)C(F)(F)F. The zero-order valence-corrected chi connectivity index (χ0v) is 44.0. The predicted molar refractivity (Wildman–Crippen MR) is 235 cm³/mol. The van der Waals surface area contributed by atoms with Gasteiger partial charge in [0.2, 0.25) is 0 Å². The first kappa shape index (κ1) is 79.8. The van der Waals surface area contributed by atoms with E-state index < -0.39 is 85.7 Å². The van der Waals surface area contributed by atoms with Crippen molar-refractivity contribution in [2.24, 2.45) is 0 Å². The molecule has 0 aliphatic rings. The minimum absolute atomic E-state index is 0.00879. The average molecular weight is 1270 g/mol. The summed E-state index contributed by atoms with van der Waals surface area (Å²) in [4.78, 5) is 0. The van der Waals surface area contributed by atoms with Crippen molar-refractivity contribution >= 4 is 0 Å². The summed E-state index contributed by atoms with van der Waals surface area (Å²) in [7, 11) is 0. The van der Waals surface area contributed by atoms with E-state index in [0.717, 1.165) is 0 Å². The smallest absolute Gasteiger partial charge is 0.394 e. The van der Waals surface area contributed by atoms with Crippen LogP contribution in [0.5, 0.6) is 0 Å². The van der Waals surface area contributed by atoms with Gasteiger partial charge in [0.15, 0.2) is 0 Å². The van der Waals surface area contributed by atoms with Crippen molar-refractivity contribution in [1.29, 1.82) is 0 Å². The summed E-state index contributed by atoms with van der Waals surface area (Å²) in [6.07, 6.45) is -10.9. The third-order valence-electron chi connectivity index (χ3n) is 9.95. The zero-order valence-electron chi connectivity index (χ0n) is 44.0. The molecule has 0 atom stereocenters. The van der Waals surface area contributed by atoms with Crippen LogP contribution in [0, 0.1) is 0 Å². The minimum atomic E-state index is -9.22. The van der Waals surface area contributed by atoms with E-state index >= 15 is 0 Å². The molecule has 17 nitrogen and oxygen atoms in total. The Kier molecular flexibility index (Phi) is 40.0. The molecule has 0 unspecified atom stereocenters. The van der Waals surface area contributed by atoms with Gasteiger partial charge in [-0.25, -0.2) is 0 Å². The molecule has 0 aliphatic carbocycles. The lowest BCUT2D eigenvalue weighted by molar-refractivity contribution is -0.474. The third kappa shape index (κ3) is 26.9. The first-order valence-electron chi connectivity index (χ1n) is 24.6. The molecular formula is C44H69F21O17. The van der Waals surface area contributed by atoms with Crippen LogP contribution in [-0.4, -0.2) is 283 Å². The zero-order chi connectivity index (χ0) is 62.4. The maximum absolute atomic E-state index is 14.1. The van der Waals surface area contributed by atoms with Gasteiger partial charge in [-0.15, -0.1) is 0 Å². The van der Waals surface area contributed by atoms with Crippen molar-refractivity contribution in [3.8, 4) is 0 Å². The topological polar surface area (TPSA) is 168 Å². The summed E-state index contributed by atoms with van der Waals surface area (Å²) in [5, 5.41) is 8.59. The van der Waals surface area contributed by atoms with Crippen LogP contribution < -0.4 is 0 Å². The van der Waals surface area contributed by atoms with Gasteiger partial charge in [-0.1, -0.05) is 0 Å². The van der Waals surface area contributed by atoms with Gasteiger partial charge in [0.25, 0.3) is 0 Å². The van der Waals surface area contributed by atoms with E-state index in [2.05, 4.69) is 4.74 Å². The normalized spacial score (nSPS) is 14.0. The molecule has 0 rings (SSSR count). The molecule has 0 aromatic rings. The minimum Gasteiger partial charge on any atom is -0.394 e. The van der Waals surface area contributed by atoms with Gasteiger partial charge in [0, 0.05) is 6.42 Å². The highest BCUT2D eigenvalue weighted by molar-refractivity contribution is 5.18. The molecular weight excluding hydrogens is 1200 g/mol. The van der Waals surface area contributed by atoms with Crippen LogP contribution in [0.2, 0.25) is 0 Å². The van der Waals surface area contributed by atoms with Gasteiger partial charge in [-0.3, -0.25) is 0 Å². The Balaban J connectivity index is 3.83. The quantitative estimate of drug-likeness (QED) is 0.0492. The van der Waals surface area contributed by atoms with Gasteiger partial charge >= 0.3 is 59.5 Å². The molecule has 0 fully saturated rings. The van der Waals surface area contributed by atoms with Crippen LogP contribution in [-0.2, 0) is 75.8 Å². The number of hydrogen-bond acceptors (Lipinski definition) is 17. The molecule has 0 saturated heterocycles. The second-order valence-corrected chi connectivity index (χ2v) is 16.1. The Bertz CT molecular complexity index is 1570. The van der Waals surface area contributed by atoms with Gasteiger partial charge in [0.05, 0.1) is 218 Å². The lowest BCUT2D eigenvalue weighted by atomic mass is 9.86. The molecule has 38 heteroatoms. The molecule has 494 valence electrons. The number of aliphatic hydroxyl groups is 1. The molecule has 0 bridgehead atoms. The number of rotatable bonds is 58. The maximum atomic E-state index is 14.1. The number of aliphatic hydroxyl groups excluding tert-OH is 1. The molecule has 0 amide bonds. The Morgan fingerprint density at radius 3 is 0.463 bits per heavy atom. The van der Waals surface area contributed by atoms with Gasteiger partial charge in [0.1, 0.15) is 0 Å². The van der Waals surface area contributed by atoms with E-state index in [4.69, 9.17) is 76.2 Å². The Hall–Kier alpha value is -2.15. The van der Waals surface area contributed by atoms with Gasteiger partial charge in [-0.2, -0.15) is 92.2 Å². The highest BCUT2D eigenvalue weighted by Crippen LogP contribution is 2.66. The molecule has 0 aromatic heterocycles. The first-order valence-corrected chi connectivity index (χ1v) is 24.6. The lowest BCUT2D eigenvalue weighted by Gasteiger charge is -2.44. The Labute approximate surface area is 457 Å². The number of ether oxygens (including phenoxy) is 16. The van der Waals surface area contributed by atoms with E-state index in [9.17, 15) is 92.2 Å². The average Bonchev–Trinajstić information content (AvgIpc) is 3.33. The van der Waals surface area contributed by atoms with Gasteiger partial charge < -0.3 is 80.9 Å². The second-order valence-electron chi connectivity index (χ2n) is 16.1. The summed E-state index contributed by atoms with van der Waals surface area (Å²) >= 11 is 0. The summed E-state index contributed by atoms with van der Waals surface area (Å²) in [5.41, 5.74) is 0. The molecule has 82 heavy (non-hydrogen) atoms. The van der Waals surface area contributed by atoms with Crippen LogP contribution in [0.15, 0.2) is 0 Å². The van der Waals surface area contributed by atoms with E-state index in [0.29, 0.717) is 132 Å². The second kappa shape index (κ2) is 41.1. The van der Waals surface area contributed by atoms with E-state index in [1.807, 2.05) is 0 Å². The fourth-order valence-electron chi connectivity index (χ4n) is 5.41. The van der Waals surface area contributed by atoms with E-state index in [1.165, 1.54) is 0 Å². The van der Waals surface area contributed by atoms with Crippen LogP contribution in [0.3, 0.4) is 0 Å². The molecule has 0 aromatic carbocycles. The fraction of sp³-hybridized carbons (Fsp3) is 1.00. The molecule has 0 radical (unpaired) electrons. The molecule has 1 N–H and O–H groups in total. The standard InChI is InChI=1S/C44H69F21O17/c45-35(46,36(47,48)37(49,50)38(51,52)39(53,54)40(55,56)41(57,58)42(59,60)43(61,62)44(63,64)65)1-3-67-5-7-69-9-11-71-13-15-73-17-19-75-21-23-77-25-27-79-29-31-81-33-34-82-32-30-80-28-26-78-24-22-76-20-18-74-16-14-72-12-10-70-8-6-68-4-2-66/h66H,1-34H2. The lowest BCUT2D eigenvalue weighted by Crippen LogP contribution is -2.76. The largest absolute Gasteiger partial charge is 0.460 e. The Morgan fingerprint density at radius 2 is 0.305 bits per heavy atom. The van der Waals surface area contributed by atoms with Crippen molar-refractivity contribution in [3.63, 3.8) is 0 Å². The van der Waals surface area contributed by atoms with E-state index in [1.54, 1.807) is 0 Å². The van der Waals surface area contributed by atoms with Crippen molar-refractivity contribution < 1.29 is 173 Å². The summed E-state index contributed by atoms with van der Waals surface area (Å²) in [5.74, 6) is -77.3. The van der Waals surface area contributed by atoms with Crippen LogP contribution in [0.1, 0.15) is 6.42 Å². The summed E-state index contributed by atoms with van der Waals surface area (Å²) in [6.45, 7) is 5.42. The van der Waals surface area contributed by atoms with Crippen LogP contribution >= 0.6 is 0 Å². The Morgan fingerprint density at radius 1 is 0.171 bits per heavy atom.